The SMILES string of the molecule is OCC(O)C1NCCc2cc(O)c(O)cc21. The summed E-state index contributed by atoms with van der Waals surface area (Å²) in [6.45, 7) is 0.317. The molecule has 0 spiro atoms. The van der Waals surface area contributed by atoms with E-state index in [1.165, 1.54) is 12.1 Å². The minimum atomic E-state index is -0.914. The van der Waals surface area contributed by atoms with Crippen LogP contribution in [0.25, 0.3) is 0 Å². The van der Waals surface area contributed by atoms with Crippen molar-refractivity contribution in [2.45, 2.75) is 18.6 Å². The first kappa shape index (κ1) is 11.2. The van der Waals surface area contributed by atoms with Crippen LogP contribution in [-0.2, 0) is 6.42 Å². The van der Waals surface area contributed by atoms with Gasteiger partial charge in [0.05, 0.1) is 18.8 Å². The highest BCUT2D eigenvalue weighted by molar-refractivity contribution is 5.48. The number of hydrogen-bond acceptors (Lipinski definition) is 5. The third kappa shape index (κ3) is 1.84. The molecule has 0 bridgehead atoms. The molecule has 1 aliphatic heterocycles. The fraction of sp³-hybridized carbons (Fsp3) is 0.455. The van der Waals surface area contributed by atoms with Crippen LogP contribution in [0.15, 0.2) is 12.1 Å². The van der Waals surface area contributed by atoms with Crippen molar-refractivity contribution in [1.82, 2.24) is 5.32 Å². The summed E-state index contributed by atoms with van der Waals surface area (Å²) in [5.74, 6) is -0.365. The van der Waals surface area contributed by atoms with Crippen molar-refractivity contribution in [1.29, 1.82) is 0 Å². The molecule has 5 nitrogen and oxygen atoms in total. The third-order valence-corrected chi connectivity index (χ3v) is 2.90. The van der Waals surface area contributed by atoms with Gasteiger partial charge in [-0.15, -0.1) is 0 Å². The molecule has 0 saturated carbocycles. The Morgan fingerprint density at radius 2 is 2.00 bits per heavy atom. The van der Waals surface area contributed by atoms with E-state index in [4.69, 9.17) is 5.11 Å². The van der Waals surface area contributed by atoms with E-state index >= 15 is 0 Å². The topological polar surface area (TPSA) is 93.0 Å². The van der Waals surface area contributed by atoms with Crippen LogP contribution in [0.1, 0.15) is 17.2 Å². The van der Waals surface area contributed by atoms with E-state index in [2.05, 4.69) is 5.32 Å². The normalized spacial score (nSPS) is 21.5. The summed E-state index contributed by atoms with van der Waals surface area (Å²) in [6, 6.07) is 2.53. The van der Waals surface area contributed by atoms with E-state index < -0.39 is 12.1 Å². The van der Waals surface area contributed by atoms with Crippen molar-refractivity contribution in [3.8, 4) is 11.5 Å². The highest BCUT2D eigenvalue weighted by Crippen LogP contribution is 2.34. The molecule has 88 valence electrons. The van der Waals surface area contributed by atoms with Crippen LogP contribution in [0.3, 0.4) is 0 Å². The van der Waals surface area contributed by atoms with Gasteiger partial charge in [-0.25, -0.2) is 0 Å². The quantitative estimate of drug-likeness (QED) is 0.443. The number of benzene rings is 1. The zero-order valence-corrected chi connectivity index (χ0v) is 8.72. The molecule has 2 atom stereocenters. The van der Waals surface area contributed by atoms with E-state index in [1.807, 2.05) is 0 Å². The van der Waals surface area contributed by atoms with Crippen molar-refractivity contribution >= 4 is 0 Å². The minimum Gasteiger partial charge on any atom is -0.504 e. The molecule has 1 aliphatic rings. The van der Waals surface area contributed by atoms with Crippen molar-refractivity contribution in [3.05, 3.63) is 23.3 Å². The van der Waals surface area contributed by atoms with Gasteiger partial charge in [0, 0.05) is 0 Å². The average molecular weight is 225 g/mol. The van der Waals surface area contributed by atoms with Gasteiger partial charge in [0.25, 0.3) is 0 Å². The van der Waals surface area contributed by atoms with Crippen molar-refractivity contribution in [2.24, 2.45) is 0 Å². The Kier molecular flexibility index (Phi) is 3.00. The average Bonchev–Trinajstić information content (AvgIpc) is 2.29. The van der Waals surface area contributed by atoms with Crippen LogP contribution in [0, 0.1) is 0 Å². The highest BCUT2D eigenvalue weighted by atomic mass is 16.3. The van der Waals surface area contributed by atoms with Crippen LogP contribution in [0.2, 0.25) is 0 Å². The van der Waals surface area contributed by atoms with Crippen molar-refractivity contribution in [3.63, 3.8) is 0 Å². The molecule has 5 N–H and O–H groups in total. The smallest absolute Gasteiger partial charge is 0.157 e. The number of phenolic OH excluding ortho intramolecular Hbond substituents is 2. The first-order chi connectivity index (χ1) is 7.63. The Bertz CT molecular complexity index is 394. The van der Waals surface area contributed by atoms with E-state index in [-0.39, 0.29) is 18.1 Å². The predicted molar refractivity (Wildman–Crippen MR) is 57.3 cm³/mol. The van der Waals surface area contributed by atoms with Crippen LogP contribution >= 0.6 is 0 Å². The third-order valence-electron chi connectivity index (χ3n) is 2.90. The summed E-state index contributed by atoms with van der Waals surface area (Å²) < 4.78 is 0. The van der Waals surface area contributed by atoms with E-state index in [0.29, 0.717) is 6.54 Å². The van der Waals surface area contributed by atoms with Gasteiger partial charge in [0.1, 0.15) is 0 Å². The van der Waals surface area contributed by atoms with Gasteiger partial charge in [-0.05, 0) is 36.2 Å². The summed E-state index contributed by atoms with van der Waals surface area (Å²) in [5.41, 5.74) is 1.61. The van der Waals surface area contributed by atoms with E-state index in [9.17, 15) is 15.3 Å². The van der Waals surface area contributed by atoms with Crippen LogP contribution in [0.5, 0.6) is 11.5 Å². The van der Waals surface area contributed by atoms with Gasteiger partial charge in [-0.3, -0.25) is 0 Å². The lowest BCUT2D eigenvalue weighted by molar-refractivity contribution is 0.0604. The lowest BCUT2D eigenvalue weighted by Gasteiger charge is -2.30. The second kappa shape index (κ2) is 4.29. The monoisotopic (exact) mass is 225 g/mol. The van der Waals surface area contributed by atoms with Crippen molar-refractivity contribution in [2.75, 3.05) is 13.2 Å². The summed E-state index contributed by atoms with van der Waals surface area (Å²) in [4.78, 5) is 0. The maximum absolute atomic E-state index is 9.63. The number of hydrogen-bond donors (Lipinski definition) is 5. The van der Waals surface area contributed by atoms with Gasteiger partial charge in [0.2, 0.25) is 0 Å². The lowest BCUT2D eigenvalue weighted by Crippen LogP contribution is -2.39. The summed E-state index contributed by atoms with van der Waals surface area (Å²) in [6.07, 6.45) is -0.194. The molecule has 5 heteroatoms. The molecule has 2 unspecified atom stereocenters. The number of phenols is 2. The minimum absolute atomic E-state index is 0.155. The number of rotatable bonds is 2. The zero-order valence-electron chi connectivity index (χ0n) is 8.72. The molecule has 0 aromatic heterocycles. The van der Waals surface area contributed by atoms with Crippen LogP contribution in [-0.4, -0.2) is 39.7 Å². The summed E-state index contributed by atoms with van der Waals surface area (Å²) in [7, 11) is 0. The van der Waals surface area contributed by atoms with Gasteiger partial charge in [-0.1, -0.05) is 0 Å². The molecular formula is C11H15NO4. The van der Waals surface area contributed by atoms with E-state index in [1.54, 1.807) is 0 Å². The Morgan fingerprint density at radius 3 is 2.69 bits per heavy atom. The van der Waals surface area contributed by atoms with Gasteiger partial charge in [-0.2, -0.15) is 0 Å². The number of aliphatic hydroxyl groups excluding tert-OH is 2. The number of aromatic hydroxyl groups is 2. The Labute approximate surface area is 93.0 Å². The molecular weight excluding hydrogens is 210 g/mol. The summed E-state index contributed by atoms with van der Waals surface area (Å²) >= 11 is 0. The first-order valence-corrected chi connectivity index (χ1v) is 5.20. The lowest BCUT2D eigenvalue weighted by atomic mass is 9.91. The molecule has 2 rings (SSSR count). The van der Waals surface area contributed by atoms with Gasteiger partial charge in [0.15, 0.2) is 11.5 Å². The maximum Gasteiger partial charge on any atom is 0.157 e. The molecule has 1 aromatic carbocycles. The molecule has 0 radical (unpaired) electrons. The Balaban J connectivity index is 2.41. The van der Waals surface area contributed by atoms with Gasteiger partial charge >= 0.3 is 0 Å². The van der Waals surface area contributed by atoms with E-state index in [0.717, 1.165) is 17.5 Å². The highest BCUT2D eigenvalue weighted by Gasteiger charge is 2.26. The Morgan fingerprint density at radius 1 is 1.31 bits per heavy atom. The molecule has 1 aromatic rings. The molecule has 0 aliphatic carbocycles. The molecule has 0 amide bonds. The summed E-state index contributed by atoms with van der Waals surface area (Å²) in [5, 5.41) is 40.4. The number of nitrogens with one attached hydrogen (secondary N) is 1. The standard InChI is InChI=1S/C11H15NO4/c13-5-10(16)11-7-4-9(15)8(14)3-6(7)1-2-12-11/h3-4,10-16H,1-2,5H2. The number of fused-ring (bicyclic) bond motifs is 1. The zero-order chi connectivity index (χ0) is 11.7. The first-order valence-electron chi connectivity index (χ1n) is 5.20. The van der Waals surface area contributed by atoms with Gasteiger partial charge < -0.3 is 25.7 Å². The second-order valence-corrected chi connectivity index (χ2v) is 3.97. The Hall–Kier alpha value is -1.30. The fourth-order valence-corrected chi connectivity index (χ4v) is 2.06. The predicted octanol–water partition coefficient (Wildman–Crippen LogP) is -0.362. The molecule has 0 fully saturated rings. The fourth-order valence-electron chi connectivity index (χ4n) is 2.06. The molecule has 1 heterocycles. The second-order valence-electron chi connectivity index (χ2n) is 3.97. The van der Waals surface area contributed by atoms with Crippen molar-refractivity contribution < 1.29 is 20.4 Å². The van der Waals surface area contributed by atoms with Crippen LogP contribution < -0.4 is 5.32 Å². The molecule has 0 saturated heterocycles. The van der Waals surface area contributed by atoms with Crippen LogP contribution in [0.4, 0.5) is 0 Å². The largest absolute Gasteiger partial charge is 0.504 e. The number of aliphatic hydroxyl groups is 2. The maximum atomic E-state index is 9.63. The molecule has 16 heavy (non-hydrogen) atoms.